The first kappa shape index (κ1) is 26.9. The van der Waals surface area contributed by atoms with Crippen LogP contribution in [0.2, 0.25) is 0 Å². The molecule has 0 amide bonds. The van der Waals surface area contributed by atoms with Gasteiger partial charge in [-0.1, -0.05) is 127 Å². The average molecular weight is 603 g/mol. The number of nitrogens with zero attached hydrogens (tertiary/aromatic N) is 4. The molecule has 0 atom stereocenters. The average Bonchev–Trinajstić information content (AvgIpc) is 3.15. The quantitative estimate of drug-likeness (QED) is 0.189. The molecular weight excluding hydrogens is 576 g/mol. The zero-order valence-corrected chi connectivity index (χ0v) is 25.2. The number of hydrogen-bond donors (Lipinski definition) is 0. The Kier molecular flexibility index (Phi) is 6.02. The molecule has 7 aromatic rings. The first-order valence-electron chi connectivity index (χ1n) is 15.5. The molecule has 0 aliphatic carbocycles. The molecule has 6 aromatic carbocycles. The molecule has 0 fully saturated rings. The van der Waals surface area contributed by atoms with Crippen LogP contribution in [-0.4, -0.2) is 9.97 Å². The van der Waals surface area contributed by atoms with Gasteiger partial charge in [-0.3, -0.25) is 0 Å². The van der Waals surface area contributed by atoms with Crippen LogP contribution in [0.15, 0.2) is 158 Å². The van der Waals surface area contributed by atoms with Crippen molar-refractivity contribution in [3.8, 4) is 34.1 Å². The van der Waals surface area contributed by atoms with E-state index in [1.165, 1.54) is 0 Å². The van der Waals surface area contributed by atoms with E-state index in [0.717, 1.165) is 61.9 Å². The highest BCUT2D eigenvalue weighted by atomic mass is 16.5. The summed E-state index contributed by atoms with van der Waals surface area (Å²) >= 11 is 0. The van der Waals surface area contributed by atoms with Crippen molar-refractivity contribution in [3.05, 3.63) is 191 Å². The Morgan fingerprint density at radius 1 is 0.532 bits per heavy atom. The molecule has 0 saturated heterocycles. The van der Waals surface area contributed by atoms with Crippen LogP contribution >= 0.6 is 0 Å². The SMILES string of the molecule is [C-]#[N+]c1cc(-c2ccccc2)nc(-c2ccccc2N2c3ccccc3C3(c4ccccc4Oc4ccccc43)c3ccccc32)n1. The maximum atomic E-state index is 7.85. The van der Waals surface area contributed by atoms with Crippen molar-refractivity contribution in [2.75, 3.05) is 4.90 Å². The van der Waals surface area contributed by atoms with Gasteiger partial charge in [0.2, 0.25) is 0 Å². The first-order valence-corrected chi connectivity index (χ1v) is 15.5. The summed E-state index contributed by atoms with van der Waals surface area (Å²) in [6, 6.07) is 54.0. The van der Waals surface area contributed by atoms with E-state index >= 15 is 0 Å². The number of anilines is 3. The lowest BCUT2D eigenvalue weighted by Crippen LogP contribution is -2.39. The van der Waals surface area contributed by atoms with Gasteiger partial charge in [0.15, 0.2) is 0 Å². The largest absolute Gasteiger partial charge is 0.457 e. The molecule has 47 heavy (non-hydrogen) atoms. The summed E-state index contributed by atoms with van der Waals surface area (Å²) in [5, 5.41) is 0. The molecule has 2 aliphatic rings. The van der Waals surface area contributed by atoms with Gasteiger partial charge < -0.3 is 14.5 Å². The molecule has 0 radical (unpaired) electrons. The van der Waals surface area contributed by atoms with Crippen LogP contribution in [0.4, 0.5) is 22.9 Å². The van der Waals surface area contributed by atoms with Crippen LogP contribution in [0.1, 0.15) is 22.3 Å². The van der Waals surface area contributed by atoms with Gasteiger partial charge in [-0.2, -0.15) is 0 Å². The molecule has 3 heterocycles. The van der Waals surface area contributed by atoms with Crippen molar-refractivity contribution in [2.45, 2.75) is 5.41 Å². The lowest BCUT2D eigenvalue weighted by Gasteiger charge is -2.48. The van der Waals surface area contributed by atoms with E-state index < -0.39 is 5.41 Å². The third-order valence-corrected chi connectivity index (χ3v) is 9.18. The molecule has 0 saturated carbocycles. The number of hydrogen-bond acceptors (Lipinski definition) is 4. The highest BCUT2D eigenvalue weighted by Crippen LogP contribution is 2.63. The molecular formula is C42H26N4O. The molecule has 220 valence electrons. The van der Waals surface area contributed by atoms with Gasteiger partial charge in [-0.15, -0.1) is 0 Å². The fourth-order valence-corrected chi connectivity index (χ4v) is 7.31. The number of benzene rings is 6. The van der Waals surface area contributed by atoms with Gasteiger partial charge in [0.05, 0.1) is 33.7 Å². The second-order valence-corrected chi connectivity index (χ2v) is 11.6. The monoisotopic (exact) mass is 602 g/mol. The van der Waals surface area contributed by atoms with Crippen LogP contribution < -0.4 is 9.64 Å². The van der Waals surface area contributed by atoms with E-state index in [1.807, 2.05) is 60.7 Å². The zero-order valence-electron chi connectivity index (χ0n) is 25.2. The lowest BCUT2D eigenvalue weighted by molar-refractivity contribution is 0.434. The van der Waals surface area contributed by atoms with Gasteiger partial charge in [-0.25, -0.2) is 4.98 Å². The second-order valence-electron chi connectivity index (χ2n) is 11.6. The Morgan fingerprint density at radius 2 is 1.04 bits per heavy atom. The molecule has 1 aromatic heterocycles. The molecule has 2 aliphatic heterocycles. The van der Waals surface area contributed by atoms with Crippen LogP contribution in [0, 0.1) is 6.57 Å². The minimum atomic E-state index is -0.620. The van der Waals surface area contributed by atoms with Gasteiger partial charge >= 0.3 is 0 Å². The Labute approximate surface area is 272 Å². The van der Waals surface area contributed by atoms with Crippen LogP contribution in [0.25, 0.3) is 27.5 Å². The minimum Gasteiger partial charge on any atom is -0.457 e. The maximum absolute atomic E-state index is 7.85. The van der Waals surface area contributed by atoms with Crippen LogP contribution in [-0.2, 0) is 5.41 Å². The maximum Gasteiger partial charge on any atom is 0.274 e. The first-order chi connectivity index (χ1) is 23.3. The smallest absolute Gasteiger partial charge is 0.274 e. The summed E-state index contributed by atoms with van der Waals surface area (Å²) in [5.74, 6) is 2.51. The fraction of sp³-hybridized carbons (Fsp3) is 0.0238. The molecule has 1 spiro atoms. The van der Waals surface area contributed by atoms with E-state index in [1.54, 1.807) is 6.07 Å². The summed E-state index contributed by atoms with van der Waals surface area (Å²) in [7, 11) is 0. The Balaban J connectivity index is 1.33. The number of aromatic nitrogens is 2. The van der Waals surface area contributed by atoms with E-state index in [2.05, 4.69) is 101 Å². The molecule has 5 heteroatoms. The van der Waals surface area contributed by atoms with Gasteiger partial charge in [0.25, 0.3) is 11.6 Å². The van der Waals surface area contributed by atoms with E-state index in [0.29, 0.717) is 17.3 Å². The Hall–Kier alpha value is -6.51. The number of fused-ring (bicyclic) bond motifs is 8. The number of ether oxygens (including phenoxy) is 1. The Morgan fingerprint density at radius 3 is 1.66 bits per heavy atom. The van der Waals surface area contributed by atoms with E-state index in [4.69, 9.17) is 21.3 Å². The fourth-order valence-electron chi connectivity index (χ4n) is 7.31. The summed E-state index contributed by atoms with van der Waals surface area (Å²) in [6.45, 7) is 7.85. The minimum absolute atomic E-state index is 0.303. The van der Waals surface area contributed by atoms with Gasteiger partial charge in [0, 0.05) is 11.1 Å². The zero-order chi connectivity index (χ0) is 31.4. The highest BCUT2D eigenvalue weighted by molar-refractivity contribution is 5.94. The summed E-state index contributed by atoms with van der Waals surface area (Å²) < 4.78 is 6.54. The third kappa shape index (κ3) is 3.95. The van der Waals surface area contributed by atoms with Crippen molar-refractivity contribution in [1.29, 1.82) is 0 Å². The van der Waals surface area contributed by atoms with Crippen molar-refractivity contribution >= 4 is 22.9 Å². The van der Waals surface area contributed by atoms with Gasteiger partial charge in [-0.05, 0) is 59.2 Å². The second kappa shape index (κ2) is 10.5. The van der Waals surface area contributed by atoms with Crippen LogP contribution in [0.5, 0.6) is 11.5 Å². The topological polar surface area (TPSA) is 42.6 Å². The van der Waals surface area contributed by atoms with Crippen molar-refractivity contribution in [1.82, 2.24) is 9.97 Å². The van der Waals surface area contributed by atoms with Crippen molar-refractivity contribution in [2.24, 2.45) is 0 Å². The third-order valence-electron chi connectivity index (χ3n) is 9.18. The van der Waals surface area contributed by atoms with Crippen molar-refractivity contribution in [3.63, 3.8) is 0 Å². The standard InChI is InChI=1S/C42H26N4O/c1-43-40-27-34(28-15-3-2-4-16-28)44-41(45-40)29-17-5-10-22-35(29)46-36-23-11-6-18-30(36)42(31-19-7-12-24-37(31)46)32-20-8-13-25-38(32)47-39-26-14-9-21-33(39)42/h2-27H. The molecule has 9 rings (SSSR count). The molecule has 0 unspecified atom stereocenters. The molecule has 0 bridgehead atoms. The highest BCUT2D eigenvalue weighted by Gasteiger charge is 2.51. The predicted molar refractivity (Wildman–Crippen MR) is 186 cm³/mol. The predicted octanol–water partition coefficient (Wildman–Crippen LogP) is 10.6. The molecule has 5 nitrogen and oxygen atoms in total. The van der Waals surface area contributed by atoms with Crippen molar-refractivity contribution < 1.29 is 4.74 Å². The van der Waals surface area contributed by atoms with E-state index in [-0.39, 0.29) is 0 Å². The van der Waals surface area contributed by atoms with Gasteiger partial charge in [0.1, 0.15) is 11.5 Å². The Bertz CT molecular complexity index is 2280. The normalized spacial score (nSPS) is 13.4. The summed E-state index contributed by atoms with van der Waals surface area (Å²) in [6.07, 6.45) is 0. The van der Waals surface area contributed by atoms with Crippen LogP contribution in [0.3, 0.4) is 0 Å². The molecule has 0 N–H and O–H groups in total. The summed E-state index contributed by atoms with van der Waals surface area (Å²) in [4.78, 5) is 15.8. The number of para-hydroxylation sites is 5. The summed E-state index contributed by atoms with van der Waals surface area (Å²) in [5.41, 5.74) is 9.40. The number of rotatable bonds is 3. The lowest BCUT2D eigenvalue weighted by atomic mass is 9.61. The van der Waals surface area contributed by atoms with E-state index in [9.17, 15) is 0 Å².